The van der Waals surface area contributed by atoms with E-state index >= 15 is 0 Å². The van der Waals surface area contributed by atoms with Crippen LogP contribution >= 0.6 is 0 Å². The topological polar surface area (TPSA) is 71.4 Å². The van der Waals surface area contributed by atoms with E-state index < -0.39 is 23.7 Å². The van der Waals surface area contributed by atoms with Crippen LogP contribution in [0.3, 0.4) is 0 Å². The molecule has 6 nitrogen and oxygen atoms in total. The van der Waals surface area contributed by atoms with Crippen molar-refractivity contribution in [2.45, 2.75) is 52.0 Å². The number of aromatic nitrogens is 1. The highest BCUT2D eigenvalue weighted by molar-refractivity contribution is 6.39. The number of hydrogen-bond donors (Lipinski definition) is 1. The third kappa shape index (κ3) is 3.56. The largest absolute Gasteiger partial charge is 0.346 e. The van der Waals surface area contributed by atoms with Gasteiger partial charge in [-0.25, -0.2) is 14.1 Å². The molecule has 1 aliphatic carbocycles. The van der Waals surface area contributed by atoms with Crippen LogP contribution in [0.1, 0.15) is 55.1 Å². The number of urea groups is 1. The van der Waals surface area contributed by atoms with Crippen molar-refractivity contribution < 1.29 is 18.8 Å². The average molecular weight is 409 g/mol. The van der Waals surface area contributed by atoms with Gasteiger partial charge in [0.25, 0.3) is 11.8 Å². The average Bonchev–Trinajstić information content (AvgIpc) is 3.00. The third-order valence-corrected chi connectivity index (χ3v) is 5.95. The minimum atomic E-state index is -0.846. The minimum absolute atomic E-state index is 0.122. The molecule has 7 heteroatoms. The molecule has 0 bridgehead atoms. The Hall–Kier alpha value is -3.22. The summed E-state index contributed by atoms with van der Waals surface area (Å²) >= 11 is 0. The van der Waals surface area contributed by atoms with Crippen molar-refractivity contribution in [2.24, 2.45) is 0 Å². The maximum absolute atomic E-state index is 13.2. The predicted octanol–water partition coefficient (Wildman–Crippen LogP) is 4.42. The van der Waals surface area contributed by atoms with Gasteiger partial charge < -0.3 is 4.57 Å². The van der Waals surface area contributed by atoms with Gasteiger partial charge >= 0.3 is 6.03 Å². The number of carbonyl (C=O) groups excluding carboxylic acids is 3. The fourth-order valence-electron chi connectivity index (χ4n) is 4.49. The van der Waals surface area contributed by atoms with Gasteiger partial charge in [-0.05, 0) is 68.7 Å². The van der Waals surface area contributed by atoms with Crippen LogP contribution in [0.15, 0.2) is 35.9 Å². The van der Waals surface area contributed by atoms with Crippen LogP contribution in [0.5, 0.6) is 0 Å². The highest BCUT2D eigenvalue weighted by Crippen LogP contribution is 2.33. The Morgan fingerprint density at radius 1 is 1.03 bits per heavy atom. The number of imide groups is 2. The molecule has 1 aromatic carbocycles. The summed E-state index contributed by atoms with van der Waals surface area (Å²) in [6, 6.07) is 6.53. The van der Waals surface area contributed by atoms with Gasteiger partial charge in [-0.1, -0.05) is 19.3 Å². The summed E-state index contributed by atoms with van der Waals surface area (Å²) in [6.45, 7) is 4.02. The van der Waals surface area contributed by atoms with E-state index in [-0.39, 0.29) is 11.3 Å². The van der Waals surface area contributed by atoms with Crippen LogP contribution in [-0.2, 0) is 9.59 Å². The second-order valence-electron chi connectivity index (χ2n) is 7.92. The standard InChI is InChI=1S/C23H24FN3O3/c1-14-12-16(15(2)26(14)18-6-4-3-5-7-18)13-20-21(28)25-23(30)27(22(20)29)19-10-8-17(24)9-11-19/h8-13,18H,3-7H2,1-2H3,(H,25,28,30)/b20-13+. The van der Waals surface area contributed by atoms with Crippen molar-refractivity contribution in [1.29, 1.82) is 0 Å². The lowest BCUT2D eigenvalue weighted by Gasteiger charge is -2.27. The molecular weight excluding hydrogens is 385 g/mol. The van der Waals surface area contributed by atoms with Gasteiger partial charge in [0.1, 0.15) is 11.4 Å². The number of nitrogens with zero attached hydrogens (tertiary/aromatic N) is 2. The Morgan fingerprint density at radius 2 is 1.70 bits per heavy atom. The molecule has 2 aliphatic rings. The van der Waals surface area contributed by atoms with Crippen molar-refractivity contribution in [3.05, 3.63) is 58.7 Å². The summed E-state index contributed by atoms with van der Waals surface area (Å²) in [6.07, 6.45) is 7.45. The highest BCUT2D eigenvalue weighted by atomic mass is 19.1. The summed E-state index contributed by atoms with van der Waals surface area (Å²) in [4.78, 5) is 38.6. The molecule has 156 valence electrons. The normalized spacial score (nSPS) is 19.5. The first kappa shape index (κ1) is 20.1. The molecule has 30 heavy (non-hydrogen) atoms. The number of hydrogen-bond acceptors (Lipinski definition) is 3. The third-order valence-electron chi connectivity index (χ3n) is 5.95. The van der Waals surface area contributed by atoms with Crippen LogP contribution in [0.2, 0.25) is 0 Å². The van der Waals surface area contributed by atoms with Crippen LogP contribution < -0.4 is 10.2 Å². The molecule has 4 rings (SSSR count). The SMILES string of the molecule is Cc1cc(/C=C2\C(=O)NC(=O)N(c3ccc(F)cc3)C2=O)c(C)n1C1CCCCC1. The Morgan fingerprint density at radius 3 is 2.37 bits per heavy atom. The van der Waals surface area contributed by atoms with Crippen molar-refractivity contribution >= 4 is 29.6 Å². The van der Waals surface area contributed by atoms with E-state index in [4.69, 9.17) is 0 Å². The number of amides is 4. The van der Waals surface area contributed by atoms with Crippen molar-refractivity contribution in [2.75, 3.05) is 4.90 Å². The van der Waals surface area contributed by atoms with Gasteiger partial charge in [0.2, 0.25) is 0 Å². The molecule has 1 saturated heterocycles. The number of anilines is 1. The second kappa shape index (κ2) is 7.89. The first-order valence-corrected chi connectivity index (χ1v) is 10.2. The lowest BCUT2D eigenvalue weighted by atomic mass is 9.95. The second-order valence-corrected chi connectivity index (χ2v) is 7.92. The Labute approximate surface area is 174 Å². The zero-order valence-corrected chi connectivity index (χ0v) is 17.1. The molecule has 0 atom stereocenters. The minimum Gasteiger partial charge on any atom is -0.346 e. The van der Waals surface area contributed by atoms with Crippen LogP contribution in [0.25, 0.3) is 6.08 Å². The van der Waals surface area contributed by atoms with Gasteiger partial charge in [-0.2, -0.15) is 0 Å². The first-order valence-electron chi connectivity index (χ1n) is 10.2. The predicted molar refractivity (Wildman–Crippen MR) is 111 cm³/mol. The molecule has 1 aromatic heterocycles. The number of aryl methyl sites for hydroxylation is 1. The number of nitrogens with one attached hydrogen (secondary N) is 1. The Bertz CT molecular complexity index is 1050. The number of rotatable bonds is 3. The van der Waals surface area contributed by atoms with Crippen LogP contribution in [0.4, 0.5) is 14.9 Å². The maximum atomic E-state index is 13.2. The van der Waals surface area contributed by atoms with E-state index in [1.807, 2.05) is 19.9 Å². The first-order chi connectivity index (χ1) is 14.4. The zero-order valence-electron chi connectivity index (χ0n) is 17.1. The van der Waals surface area contributed by atoms with Gasteiger partial charge in [0, 0.05) is 17.4 Å². The van der Waals surface area contributed by atoms with Gasteiger partial charge in [-0.15, -0.1) is 0 Å². The summed E-state index contributed by atoms with van der Waals surface area (Å²) in [5.41, 5.74) is 2.94. The van der Waals surface area contributed by atoms with Crippen LogP contribution in [-0.4, -0.2) is 22.4 Å². The van der Waals surface area contributed by atoms with Gasteiger partial charge in [-0.3, -0.25) is 14.9 Å². The number of barbiturate groups is 1. The van der Waals surface area contributed by atoms with E-state index in [1.165, 1.54) is 31.4 Å². The van der Waals surface area contributed by atoms with E-state index in [0.29, 0.717) is 6.04 Å². The fraction of sp³-hybridized carbons (Fsp3) is 0.348. The zero-order chi connectivity index (χ0) is 21.4. The monoisotopic (exact) mass is 409 g/mol. The molecule has 1 N–H and O–H groups in total. The van der Waals surface area contributed by atoms with Crippen molar-refractivity contribution in [1.82, 2.24) is 9.88 Å². The molecule has 1 saturated carbocycles. The fourth-order valence-corrected chi connectivity index (χ4v) is 4.49. The lowest BCUT2D eigenvalue weighted by molar-refractivity contribution is -0.122. The summed E-state index contributed by atoms with van der Waals surface area (Å²) < 4.78 is 15.5. The number of benzene rings is 1. The molecule has 2 heterocycles. The van der Waals surface area contributed by atoms with E-state index in [0.717, 1.165) is 46.8 Å². The molecule has 2 fully saturated rings. The van der Waals surface area contributed by atoms with Gasteiger partial charge in [0.15, 0.2) is 0 Å². The smallest absolute Gasteiger partial charge is 0.335 e. The molecular formula is C23H24FN3O3. The van der Waals surface area contributed by atoms with Crippen LogP contribution in [0, 0.1) is 19.7 Å². The summed E-state index contributed by atoms with van der Waals surface area (Å²) in [7, 11) is 0. The highest BCUT2D eigenvalue weighted by Gasteiger charge is 2.37. The molecule has 0 radical (unpaired) electrons. The lowest BCUT2D eigenvalue weighted by Crippen LogP contribution is -2.54. The summed E-state index contributed by atoms with van der Waals surface area (Å²) in [5.74, 6) is -1.94. The van der Waals surface area contributed by atoms with Gasteiger partial charge in [0.05, 0.1) is 5.69 Å². The van der Waals surface area contributed by atoms with Crippen molar-refractivity contribution in [3.63, 3.8) is 0 Å². The Kier molecular flexibility index (Phi) is 5.28. The summed E-state index contributed by atoms with van der Waals surface area (Å²) in [5, 5.41) is 2.21. The number of carbonyl (C=O) groups is 3. The molecule has 4 amide bonds. The Balaban J connectivity index is 1.70. The quantitative estimate of drug-likeness (QED) is 0.603. The van der Waals surface area contributed by atoms with Crippen molar-refractivity contribution in [3.8, 4) is 0 Å². The molecule has 0 spiro atoms. The number of halogens is 1. The maximum Gasteiger partial charge on any atom is 0.335 e. The van der Waals surface area contributed by atoms with E-state index in [9.17, 15) is 18.8 Å². The van der Waals surface area contributed by atoms with E-state index in [2.05, 4.69) is 9.88 Å². The molecule has 2 aromatic rings. The molecule has 0 unspecified atom stereocenters. The van der Waals surface area contributed by atoms with E-state index in [1.54, 1.807) is 6.08 Å². The molecule has 1 aliphatic heterocycles.